The molecule has 6 nitrogen and oxygen atoms in total. The number of nitriles is 1. The van der Waals surface area contributed by atoms with E-state index in [1.165, 1.54) is 17.1 Å². The standard InChI is InChI=1S/C8H10N4O2S/c1-12(2)11-15(13,14)8-4-3-7(5-9)10-6-8/h3-4,6,11H,1-2H3. The third-order valence-corrected chi connectivity index (χ3v) is 2.93. The van der Waals surface area contributed by atoms with Gasteiger partial charge in [-0.2, -0.15) is 5.26 Å². The van der Waals surface area contributed by atoms with Crippen LogP contribution >= 0.6 is 0 Å². The molecular formula is C8H10N4O2S. The highest BCUT2D eigenvalue weighted by Gasteiger charge is 2.14. The zero-order chi connectivity index (χ0) is 11.5. The van der Waals surface area contributed by atoms with E-state index >= 15 is 0 Å². The summed E-state index contributed by atoms with van der Waals surface area (Å²) in [5.41, 5.74) is 0.179. The maximum Gasteiger partial charge on any atom is 0.254 e. The molecule has 1 aromatic heterocycles. The van der Waals surface area contributed by atoms with Gasteiger partial charge in [-0.25, -0.2) is 18.4 Å². The SMILES string of the molecule is CN(C)NS(=O)(=O)c1ccc(C#N)nc1. The maximum absolute atomic E-state index is 11.6. The van der Waals surface area contributed by atoms with Crippen molar-refractivity contribution in [2.45, 2.75) is 4.90 Å². The lowest BCUT2D eigenvalue weighted by Gasteiger charge is -2.11. The van der Waals surface area contributed by atoms with Gasteiger partial charge in [0.25, 0.3) is 10.0 Å². The van der Waals surface area contributed by atoms with Gasteiger partial charge in [0.2, 0.25) is 0 Å². The van der Waals surface area contributed by atoms with Gasteiger partial charge in [0, 0.05) is 20.3 Å². The Morgan fingerprint density at radius 1 is 1.47 bits per heavy atom. The molecule has 0 aliphatic rings. The van der Waals surface area contributed by atoms with E-state index in [4.69, 9.17) is 5.26 Å². The molecule has 0 aromatic carbocycles. The molecule has 0 fully saturated rings. The van der Waals surface area contributed by atoms with Crippen LogP contribution in [0.2, 0.25) is 0 Å². The van der Waals surface area contributed by atoms with Crippen LogP contribution in [0.4, 0.5) is 0 Å². The quantitative estimate of drug-likeness (QED) is 0.716. The highest BCUT2D eigenvalue weighted by atomic mass is 32.2. The summed E-state index contributed by atoms with van der Waals surface area (Å²) in [5, 5.41) is 9.80. The minimum absolute atomic E-state index is 0.0233. The molecule has 0 bridgehead atoms. The molecule has 0 amide bonds. The summed E-state index contributed by atoms with van der Waals surface area (Å²) in [4.78, 5) is 5.95. The van der Waals surface area contributed by atoms with Gasteiger partial charge in [0.15, 0.2) is 0 Å². The molecule has 0 saturated carbocycles. The summed E-state index contributed by atoms with van der Waals surface area (Å²) in [6.45, 7) is 0. The summed E-state index contributed by atoms with van der Waals surface area (Å²) in [5.74, 6) is 0. The van der Waals surface area contributed by atoms with Crippen molar-refractivity contribution >= 4 is 10.0 Å². The number of rotatable bonds is 3. The topological polar surface area (TPSA) is 86.1 Å². The molecule has 1 N–H and O–H groups in total. The molecule has 1 heterocycles. The first-order valence-corrected chi connectivity index (χ1v) is 5.50. The second-order valence-corrected chi connectivity index (χ2v) is 4.64. The van der Waals surface area contributed by atoms with Gasteiger partial charge < -0.3 is 0 Å². The number of aromatic nitrogens is 1. The van der Waals surface area contributed by atoms with E-state index < -0.39 is 10.0 Å². The summed E-state index contributed by atoms with van der Waals surface area (Å²) < 4.78 is 23.1. The number of hydrogen-bond acceptors (Lipinski definition) is 5. The fourth-order valence-electron chi connectivity index (χ4n) is 0.898. The third-order valence-electron chi connectivity index (χ3n) is 1.46. The average molecular weight is 226 g/mol. The Bertz CT molecular complexity index is 472. The smallest absolute Gasteiger partial charge is 0.244 e. The Morgan fingerprint density at radius 3 is 2.53 bits per heavy atom. The Hall–Kier alpha value is -1.49. The first-order chi connectivity index (χ1) is 6.95. The molecular weight excluding hydrogens is 216 g/mol. The maximum atomic E-state index is 11.6. The number of hydrazine groups is 1. The summed E-state index contributed by atoms with van der Waals surface area (Å²) in [6.07, 6.45) is 1.14. The highest BCUT2D eigenvalue weighted by molar-refractivity contribution is 7.89. The molecule has 0 radical (unpaired) electrons. The summed E-state index contributed by atoms with van der Waals surface area (Å²) >= 11 is 0. The molecule has 15 heavy (non-hydrogen) atoms. The van der Waals surface area contributed by atoms with Crippen LogP contribution in [0, 0.1) is 11.3 Å². The predicted molar refractivity (Wildman–Crippen MR) is 53.0 cm³/mol. The first-order valence-electron chi connectivity index (χ1n) is 4.01. The lowest BCUT2D eigenvalue weighted by atomic mass is 10.4. The van der Waals surface area contributed by atoms with Crippen molar-refractivity contribution in [3.05, 3.63) is 24.0 Å². The largest absolute Gasteiger partial charge is 0.254 e. The molecule has 0 spiro atoms. The fourth-order valence-corrected chi connectivity index (χ4v) is 1.92. The summed E-state index contributed by atoms with van der Waals surface area (Å²) in [7, 11) is -0.452. The van der Waals surface area contributed by atoms with Crippen LogP contribution in [-0.2, 0) is 10.0 Å². The number of hydrogen-bond donors (Lipinski definition) is 1. The molecule has 0 atom stereocenters. The van der Waals surface area contributed by atoms with E-state index in [1.54, 1.807) is 14.1 Å². The minimum atomic E-state index is -3.58. The fraction of sp³-hybridized carbons (Fsp3) is 0.250. The molecule has 0 unspecified atom stereocenters. The van der Waals surface area contributed by atoms with Crippen LogP contribution in [0.15, 0.2) is 23.2 Å². The Balaban J connectivity index is 3.02. The number of sulfonamides is 1. The van der Waals surface area contributed by atoms with Crippen molar-refractivity contribution in [3.63, 3.8) is 0 Å². The van der Waals surface area contributed by atoms with E-state index in [-0.39, 0.29) is 10.6 Å². The molecule has 0 aliphatic carbocycles. The second kappa shape index (κ2) is 4.35. The van der Waals surface area contributed by atoms with Crippen molar-refractivity contribution in [3.8, 4) is 6.07 Å². The Kier molecular flexibility index (Phi) is 3.36. The Labute approximate surface area is 88.2 Å². The highest BCUT2D eigenvalue weighted by Crippen LogP contribution is 2.07. The molecule has 0 saturated heterocycles. The molecule has 7 heteroatoms. The van der Waals surface area contributed by atoms with Crippen molar-refractivity contribution in [1.82, 2.24) is 14.8 Å². The van der Waals surface area contributed by atoms with Gasteiger partial charge in [-0.05, 0) is 12.1 Å². The number of nitrogens with one attached hydrogen (secondary N) is 1. The molecule has 1 rings (SSSR count). The van der Waals surface area contributed by atoms with Crippen LogP contribution in [0.1, 0.15) is 5.69 Å². The molecule has 80 valence electrons. The predicted octanol–water partition coefficient (Wildman–Crippen LogP) is -0.292. The van der Waals surface area contributed by atoms with Crippen LogP contribution in [-0.4, -0.2) is 32.5 Å². The van der Waals surface area contributed by atoms with E-state index in [0.717, 1.165) is 6.20 Å². The van der Waals surface area contributed by atoms with E-state index in [9.17, 15) is 8.42 Å². The van der Waals surface area contributed by atoms with Crippen LogP contribution in [0.3, 0.4) is 0 Å². The van der Waals surface area contributed by atoms with Gasteiger partial charge >= 0.3 is 0 Å². The lowest BCUT2D eigenvalue weighted by Crippen LogP contribution is -2.36. The zero-order valence-electron chi connectivity index (χ0n) is 8.30. The zero-order valence-corrected chi connectivity index (χ0v) is 9.11. The van der Waals surface area contributed by atoms with Crippen molar-refractivity contribution < 1.29 is 8.42 Å². The van der Waals surface area contributed by atoms with Gasteiger partial charge in [-0.3, -0.25) is 0 Å². The van der Waals surface area contributed by atoms with E-state index in [0.29, 0.717) is 0 Å². The number of nitrogens with zero attached hydrogens (tertiary/aromatic N) is 3. The van der Waals surface area contributed by atoms with Gasteiger partial charge in [0.1, 0.15) is 16.7 Å². The van der Waals surface area contributed by atoms with E-state index in [1.807, 2.05) is 6.07 Å². The van der Waals surface area contributed by atoms with Gasteiger partial charge in [-0.15, -0.1) is 4.83 Å². The third kappa shape index (κ3) is 2.99. The van der Waals surface area contributed by atoms with Gasteiger partial charge in [-0.1, -0.05) is 0 Å². The number of pyridine rings is 1. The second-order valence-electron chi connectivity index (χ2n) is 2.98. The normalized spacial score (nSPS) is 11.3. The van der Waals surface area contributed by atoms with Crippen molar-refractivity contribution in [2.24, 2.45) is 0 Å². The first kappa shape index (κ1) is 11.6. The monoisotopic (exact) mass is 226 g/mol. The average Bonchev–Trinajstić information content (AvgIpc) is 2.16. The van der Waals surface area contributed by atoms with Crippen LogP contribution in [0.5, 0.6) is 0 Å². The minimum Gasteiger partial charge on any atom is -0.244 e. The molecule has 1 aromatic rings. The van der Waals surface area contributed by atoms with Gasteiger partial charge in [0.05, 0.1) is 0 Å². The Morgan fingerprint density at radius 2 is 2.13 bits per heavy atom. The van der Waals surface area contributed by atoms with Crippen LogP contribution < -0.4 is 4.83 Å². The summed E-state index contributed by atoms with van der Waals surface area (Å²) in [6, 6.07) is 4.49. The van der Waals surface area contributed by atoms with Crippen molar-refractivity contribution in [2.75, 3.05) is 14.1 Å². The lowest BCUT2D eigenvalue weighted by molar-refractivity contribution is 0.364. The van der Waals surface area contributed by atoms with Crippen LogP contribution in [0.25, 0.3) is 0 Å². The van der Waals surface area contributed by atoms with Crippen molar-refractivity contribution in [1.29, 1.82) is 5.26 Å². The van der Waals surface area contributed by atoms with E-state index in [2.05, 4.69) is 9.82 Å². The molecule has 0 aliphatic heterocycles.